The first-order chi connectivity index (χ1) is 4.83. The van der Waals surface area contributed by atoms with Gasteiger partial charge in [0, 0.05) is 6.92 Å². The Balaban J connectivity index is 0. The van der Waals surface area contributed by atoms with Gasteiger partial charge in [0.25, 0.3) is 0 Å². The Morgan fingerprint density at radius 3 is 1.50 bits per heavy atom. The van der Waals surface area contributed by atoms with E-state index in [1.807, 2.05) is 0 Å². The van der Waals surface area contributed by atoms with Crippen molar-refractivity contribution in [1.82, 2.24) is 0 Å². The van der Waals surface area contributed by atoms with Gasteiger partial charge in [0.15, 0.2) is 0 Å². The first-order valence-electron chi connectivity index (χ1n) is 4.14. The van der Waals surface area contributed by atoms with Crippen LogP contribution in [0.5, 0.6) is 0 Å². The Morgan fingerprint density at radius 2 is 1.30 bits per heavy atom. The quantitative estimate of drug-likeness (QED) is 0.550. The lowest BCUT2D eigenvalue weighted by molar-refractivity contribution is 0.656. The second-order valence-corrected chi connectivity index (χ2v) is 2.28. The normalized spacial score (nSPS) is 7.40. The molecule has 0 rings (SSSR count). The molecule has 60 valence electrons. The van der Waals surface area contributed by atoms with Gasteiger partial charge in [-0.1, -0.05) is 46.0 Å². The number of nitrogens with zero attached hydrogens (tertiary/aromatic N) is 1. The molecule has 0 aromatic heterocycles. The summed E-state index contributed by atoms with van der Waals surface area (Å²) >= 11 is 0. The van der Waals surface area contributed by atoms with Crippen LogP contribution in [0.4, 0.5) is 0 Å². The molecule has 0 radical (unpaired) electrons. The summed E-state index contributed by atoms with van der Waals surface area (Å²) in [4.78, 5) is 0. The van der Waals surface area contributed by atoms with E-state index in [-0.39, 0.29) is 0 Å². The van der Waals surface area contributed by atoms with Crippen LogP contribution < -0.4 is 0 Å². The smallest absolute Gasteiger partial charge is 0.0587 e. The van der Waals surface area contributed by atoms with Crippen LogP contribution in [0.2, 0.25) is 0 Å². The molecule has 0 saturated carbocycles. The zero-order valence-electron chi connectivity index (χ0n) is 7.48. The lowest BCUT2D eigenvalue weighted by atomic mass is 10.2. The fourth-order valence-corrected chi connectivity index (χ4v) is 0.677. The van der Waals surface area contributed by atoms with Gasteiger partial charge in [0.1, 0.15) is 0 Å². The lowest BCUT2D eigenvalue weighted by Crippen LogP contribution is -1.70. The van der Waals surface area contributed by atoms with Crippen molar-refractivity contribution in [3.8, 4) is 6.07 Å². The minimum Gasteiger partial charge on any atom is -0.199 e. The van der Waals surface area contributed by atoms with Crippen molar-refractivity contribution in [2.75, 3.05) is 0 Å². The van der Waals surface area contributed by atoms with Crippen molar-refractivity contribution in [3.05, 3.63) is 0 Å². The molecule has 0 spiro atoms. The summed E-state index contributed by atoms with van der Waals surface area (Å²) in [7, 11) is 0. The Labute approximate surface area is 65.1 Å². The van der Waals surface area contributed by atoms with Gasteiger partial charge in [-0.2, -0.15) is 5.26 Å². The Kier molecular flexibility index (Phi) is 19.3. The first-order valence-corrected chi connectivity index (χ1v) is 4.14. The van der Waals surface area contributed by atoms with E-state index in [1.54, 1.807) is 6.07 Å². The monoisotopic (exact) mass is 141 g/mol. The summed E-state index contributed by atoms with van der Waals surface area (Å²) in [6.45, 7) is 5.92. The van der Waals surface area contributed by atoms with Crippen molar-refractivity contribution in [1.29, 1.82) is 5.26 Å². The molecule has 0 aliphatic heterocycles. The van der Waals surface area contributed by atoms with Gasteiger partial charge < -0.3 is 0 Å². The van der Waals surface area contributed by atoms with E-state index in [1.165, 1.54) is 39.0 Å². The molecule has 0 unspecified atom stereocenters. The van der Waals surface area contributed by atoms with E-state index < -0.39 is 0 Å². The highest BCUT2D eigenvalue weighted by Gasteiger charge is 1.80. The molecule has 0 bridgehead atoms. The number of hydrogen-bond donors (Lipinski definition) is 0. The van der Waals surface area contributed by atoms with Crippen LogP contribution in [0.15, 0.2) is 0 Å². The van der Waals surface area contributed by atoms with Gasteiger partial charge in [0.2, 0.25) is 0 Å². The van der Waals surface area contributed by atoms with Crippen molar-refractivity contribution >= 4 is 0 Å². The third-order valence-corrected chi connectivity index (χ3v) is 1.21. The summed E-state index contributed by atoms with van der Waals surface area (Å²) < 4.78 is 0. The summed E-state index contributed by atoms with van der Waals surface area (Å²) in [6, 6.07) is 1.75. The molecule has 0 atom stereocenters. The van der Waals surface area contributed by atoms with Crippen LogP contribution in [0.1, 0.15) is 52.9 Å². The SMILES string of the molecule is CC#N.CCCCCCC. The van der Waals surface area contributed by atoms with Gasteiger partial charge in [0.05, 0.1) is 6.07 Å². The molecule has 0 amide bonds. The maximum absolute atomic E-state index is 7.32. The van der Waals surface area contributed by atoms with E-state index in [9.17, 15) is 0 Å². The van der Waals surface area contributed by atoms with Crippen molar-refractivity contribution < 1.29 is 0 Å². The predicted molar refractivity (Wildman–Crippen MR) is 45.7 cm³/mol. The van der Waals surface area contributed by atoms with Gasteiger partial charge in [-0.05, 0) is 0 Å². The van der Waals surface area contributed by atoms with Gasteiger partial charge in [-0.3, -0.25) is 0 Å². The van der Waals surface area contributed by atoms with Crippen LogP contribution in [0, 0.1) is 11.3 Å². The molecule has 0 saturated heterocycles. The molecule has 0 aliphatic carbocycles. The third kappa shape index (κ3) is 25.9. The molecule has 0 aromatic rings. The molecule has 1 nitrogen and oxygen atoms in total. The predicted octanol–water partition coefficient (Wildman–Crippen LogP) is 3.51. The van der Waals surface area contributed by atoms with Crippen LogP contribution in [0.25, 0.3) is 0 Å². The van der Waals surface area contributed by atoms with Crippen LogP contribution in [0.3, 0.4) is 0 Å². The highest BCUT2D eigenvalue weighted by molar-refractivity contribution is 4.51. The van der Waals surface area contributed by atoms with E-state index >= 15 is 0 Å². The largest absolute Gasteiger partial charge is 0.199 e. The number of hydrogen-bond acceptors (Lipinski definition) is 1. The maximum atomic E-state index is 7.32. The summed E-state index contributed by atoms with van der Waals surface area (Å²) in [6.07, 6.45) is 7.01. The average molecular weight is 141 g/mol. The zero-order valence-corrected chi connectivity index (χ0v) is 7.48. The van der Waals surface area contributed by atoms with Crippen LogP contribution in [-0.2, 0) is 0 Å². The Bertz CT molecular complexity index is 67.3. The summed E-state index contributed by atoms with van der Waals surface area (Å²) in [5.41, 5.74) is 0. The number of nitriles is 1. The molecule has 10 heavy (non-hydrogen) atoms. The molecule has 0 aliphatic rings. The van der Waals surface area contributed by atoms with Crippen molar-refractivity contribution in [2.45, 2.75) is 52.9 Å². The standard InChI is InChI=1S/C7H16.C2H3N/c1-3-5-7-6-4-2;1-2-3/h3-7H2,1-2H3;1H3. The molecular weight excluding hydrogens is 122 g/mol. The molecule has 0 N–H and O–H groups in total. The number of rotatable bonds is 4. The van der Waals surface area contributed by atoms with Gasteiger partial charge in [-0.25, -0.2) is 0 Å². The highest BCUT2D eigenvalue weighted by atomic mass is 14.2. The molecular formula is C9H19N. The highest BCUT2D eigenvalue weighted by Crippen LogP contribution is 2.00. The molecule has 0 heterocycles. The van der Waals surface area contributed by atoms with E-state index in [0.717, 1.165) is 0 Å². The lowest BCUT2D eigenvalue weighted by Gasteiger charge is -1.90. The minimum atomic E-state index is 1.36. The van der Waals surface area contributed by atoms with Crippen molar-refractivity contribution in [3.63, 3.8) is 0 Å². The summed E-state index contributed by atoms with van der Waals surface area (Å²) in [5, 5.41) is 7.32. The van der Waals surface area contributed by atoms with Gasteiger partial charge >= 0.3 is 0 Å². The Hall–Kier alpha value is -0.510. The topological polar surface area (TPSA) is 23.8 Å². The van der Waals surface area contributed by atoms with Crippen LogP contribution in [-0.4, -0.2) is 0 Å². The van der Waals surface area contributed by atoms with E-state index in [0.29, 0.717) is 0 Å². The maximum Gasteiger partial charge on any atom is 0.0587 e. The Morgan fingerprint density at radius 1 is 1.00 bits per heavy atom. The minimum absolute atomic E-state index is 1.36. The van der Waals surface area contributed by atoms with E-state index in [2.05, 4.69) is 13.8 Å². The fourth-order valence-electron chi connectivity index (χ4n) is 0.677. The zero-order chi connectivity index (χ0) is 8.24. The number of unbranched alkanes of at least 4 members (excludes halogenated alkanes) is 4. The molecule has 0 aromatic carbocycles. The first kappa shape index (κ1) is 12.2. The fraction of sp³-hybridized carbons (Fsp3) is 0.889. The second-order valence-electron chi connectivity index (χ2n) is 2.28. The van der Waals surface area contributed by atoms with Crippen molar-refractivity contribution in [2.24, 2.45) is 0 Å². The van der Waals surface area contributed by atoms with Gasteiger partial charge in [-0.15, -0.1) is 0 Å². The molecule has 0 fully saturated rings. The van der Waals surface area contributed by atoms with E-state index in [4.69, 9.17) is 5.26 Å². The average Bonchev–Trinajstić information content (AvgIpc) is 1.91. The second kappa shape index (κ2) is 15.8. The third-order valence-electron chi connectivity index (χ3n) is 1.21. The van der Waals surface area contributed by atoms with Crippen LogP contribution >= 0.6 is 0 Å². The molecule has 1 heteroatoms. The summed E-state index contributed by atoms with van der Waals surface area (Å²) in [5.74, 6) is 0.